The van der Waals surface area contributed by atoms with Crippen LogP contribution in [0.5, 0.6) is 0 Å². The molecule has 1 unspecified atom stereocenters. The van der Waals surface area contributed by atoms with Crippen molar-refractivity contribution < 1.29 is 9.90 Å². The summed E-state index contributed by atoms with van der Waals surface area (Å²) in [7, 11) is 0. The average Bonchev–Trinajstić information content (AvgIpc) is 2.26. The van der Waals surface area contributed by atoms with Gasteiger partial charge in [-0.3, -0.25) is 9.78 Å². The molecule has 0 spiro atoms. The molecule has 0 bridgehead atoms. The lowest BCUT2D eigenvalue weighted by Crippen LogP contribution is -2.09. The zero-order valence-corrected chi connectivity index (χ0v) is 10.2. The summed E-state index contributed by atoms with van der Waals surface area (Å²) in [6.45, 7) is 5.71. The second kappa shape index (κ2) is 4.17. The lowest BCUT2D eigenvalue weighted by Gasteiger charge is -2.09. The van der Waals surface area contributed by atoms with Gasteiger partial charge in [-0.05, 0) is 44.0 Å². The lowest BCUT2D eigenvalue weighted by molar-refractivity contribution is -0.138. The van der Waals surface area contributed by atoms with Gasteiger partial charge in [0.05, 0.1) is 17.1 Å². The maximum atomic E-state index is 10.9. The van der Waals surface area contributed by atoms with Gasteiger partial charge in [-0.15, -0.1) is 0 Å². The molecule has 1 heterocycles. The Labute approximate surface area is 100 Å². The van der Waals surface area contributed by atoms with Crippen molar-refractivity contribution in [1.82, 2.24) is 4.98 Å². The SMILES string of the molecule is Cc1cc(C)c2ccc(C(C)C(=O)O)nc2c1. The molecule has 0 aliphatic heterocycles. The van der Waals surface area contributed by atoms with Crippen molar-refractivity contribution in [2.75, 3.05) is 0 Å². The van der Waals surface area contributed by atoms with E-state index in [-0.39, 0.29) is 0 Å². The standard InChI is InChI=1S/C14H15NO2/c1-8-6-9(2)11-4-5-12(10(3)14(16)17)15-13(11)7-8/h4-7,10H,1-3H3,(H,16,17). The number of nitrogens with zero attached hydrogens (tertiary/aromatic N) is 1. The van der Waals surface area contributed by atoms with Gasteiger partial charge in [0.15, 0.2) is 0 Å². The molecule has 3 heteroatoms. The van der Waals surface area contributed by atoms with Gasteiger partial charge < -0.3 is 5.11 Å². The van der Waals surface area contributed by atoms with E-state index in [0.29, 0.717) is 5.69 Å². The second-order valence-electron chi connectivity index (χ2n) is 4.44. The molecule has 0 saturated heterocycles. The van der Waals surface area contributed by atoms with Crippen molar-refractivity contribution in [3.05, 3.63) is 41.1 Å². The number of benzene rings is 1. The molecule has 2 aromatic rings. The van der Waals surface area contributed by atoms with Crippen LogP contribution in [-0.4, -0.2) is 16.1 Å². The Bertz CT molecular complexity index is 590. The zero-order chi connectivity index (χ0) is 12.6. The first-order valence-electron chi connectivity index (χ1n) is 5.60. The lowest BCUT2D eigenvalue weighted by atomic mass is 10.0. The third-order valence-electron chi connectivity index (χ3n) is 2.99. The first kappa shape index (κ1) is 11.6. The first-order chi connectivity index (χ1) is 7.99. The van der Waals surface area contributed by atoms with Crippen LogP contribution in [0.4, 0.5) is 0 Å². The Morgan fingerprint density at radius 1 is 1.29 bits per heavy atom. The van der Waals surface area contributed by atoms with Crippen molar-refractivity contribution in [1.29, 1.82) is 0 Å². The molecule has 0 fully saturated rings. The summed E-state index contributed by atoms with van der Waals surface area (Å²) in [5, 5.41) is 10.1. The van der Waals surface area contributed by atoms with E-state index in [0.717, 1.165) is 16.5 Å². The molecular weight excluding hydrogens is 214 g/mol. The number of fused-ring (bicyclic) bond motifs is 1. The number of pyridine rings is 1. The molecule has 0 amide bonds. The number of hydrogen-bond donors (Lipinski definition) is 1. The summed E-state index contributed by atoms with van der Waals surface area (Å²) in [6.07, 6.45) is 0. The van der Waals surface area contributed by atoms with Gasteiger partial charge in [0, 0.05) is 5.39 Å². The van der Waals surface area contributed by atoms with Crippen molar-refractivity contribution in [2.24, 2.45) is 0 Å². The van der Waals surface area contributed by atoms with Gasteiger partial charge in [0.25, 0.3) is 0 Å². The summed E-state index contributed by atoms with van der Waals surface area (Å²) in [5.74, 6) is -1.42. The normalized spacial score (nSPS) is 12.6. The molecule has 2 rings (SSSR count). The molecule has 88 valence electrons. The van der Waals surface area contributed by atoms with Gasteiger partial charge in [-0.25, -0.2) is 0 Å². The van der Waals surface area contributed by atoms with Gasteiger partial charge in [0.2, 0.25) is 0 Å². The number of aryl methyl sites for hydroxylation is 2. The van der Waals surface area contributed by atoms with E-state index < -0.39 is 11.9 Å². The van der Waals surface area contributed by atoms with Crippen molar-refractivity contribution in [3.8, 4) is 0 Å². The number of rotatable bonds is 2. The van der Waals surface area contributed by atoms with Crippen molar-refractivity contribution in [2.45, 2.75) is 26.7 Å². The van der Waals surface area contributed by atoms with E-state index >= 15 is 0 Å². The molecule has 0 saturated carbocycles. The minimum absolute atomic E-state index is 0.569. The third-order valence-corrected chi connectivity index (χ3v) is 2.99. The van der Waals surface area contributed by atoms with E-state index in [1.807, 2.05) is 26.0 Å². The van der Waals surface area contributed by atoms with Crippen LogP contribution in [0.3, 0.4) is 0 Å². The minimum Gasteiger partial charge on any atom is -0.481 e. The summed E-state index contributed by atoms with van der Waals surface area (Å²) in [5.41, 5.74) is 3.78. The molecule has 1 aromatic heterocycles. The summed E-state index contributed by atoms with van der Waals surface area (Å²) in [6, 6.07) is 7.83. The van der Waals surface area contributed by atoms with Crippen LogP contribution in [0.2, 0.25) is 0 Å². The highest BCUT2D eigenvalue weighted by Crippen LogP contribution is 2.22. The molecule has 0 aliphatic rings. The third kappa shape index (κ3) is 2.13. The fourth-order valence-electron chi connectivity index (χ4n) is 1.98. The number of aromatic nitrogens is 1. The van der Waals surface area contributed by atoms with Gasteiger partial charge in [0.1, 0.15) is 0 Å². The van der Waals surface area contributed by atoms with E-state index in [9.17, 15) is 4.79 Å². The summed E-state index contributed by atoms with van der Waals surface area (Å²) < 4.78 is 0. The van der Waals surface area contributed by atoms with Crippen LogP contribution in [0.25, 0.3) is 10.9 Å². The molecule has 3 nitrogen and oxygen atoms in total. The van der Waals surface area contributed by atoms with Crippen LogP contribution in [-0.2, 0) is 4.79 Å². The number of hydrogen-bond acceptors (Lipinski definition) is 2. The van der Waals surface area contributed by atoms with Crippen LogP contribution in [0, 0.1) is 13.8 Å². The number of carboxylic acid groups (broad SMARTS) is 1. The van der Waals surface area contributed by atoms with Crippen LogP contribution in [0.1, 0.15) is 29.7 Å². The van der Waals surface area contributed by atoms with E-state index in [1.54, 1.807) is 13.0 Å². The fraction of sp³-hybridized carbons (Fsp3) is 0.286. The minimum atomic E-state index is -0.846. The van der Waals surface area contributed by atoms with Gasteiger partial charge in [-0.1, -0.05) is 12.1 Å². The topological polar surface area (TPSA) is 50.2 Å². The second-order valence-corrected chi connectivity index (χ2v) is 4.44. The Morgan fingerprint density at radius 2 is 2.00 bits per heavy atom. The molecule has 0 radical (unpaired) electrons. The molecule has 0 aliphatic carbocycles. The maximum Gasteiger partial charge on any atom is 0.312 e. The highest BCUT2D eigenvalue weighted by Gasteiger charge is 2.15. The quantitative estimate of drug-likeness (QED) is 0.861. The van der Waals surface area contributed by atoms with Crippen molar-refractivity contribution >= 4 is 16.9 Å². The average molecular weight is 229 g/mol. The highest BCUT2D eigenvalue weighted by atomic mass is 16.4. The molecular formula is C14H15NO2. The number of carbonyl (C=O) groups is 1. The molecule has 1 N–H and O–H groups in total. The van der Waals surface area contributed by atoms with Crippen LogP contribution >= 0.6 is 0 Å². The molecule has 1 aromatic carbocycles. The zero-order valence-electron chi connectivity index (χ0n) is 10.2. The van der Waals surface area contributed by atoms with Gasteiger partial charge in [-0.2, -0.15) is 0 Å². The Hall–Kier alpha value is -1.90. The Morgan fingerprint density at radius 3 is 2.65 bits per heavy atom. The number of carboxylic acids is 1. The molecule has 17 heavy (non-hydrogen) atoms. The van der Waals surface area contributed by atoms with Gasteiger partial charge >= 0.3 is 5.97 Å². The summed E-state index contributed by atoms with van der Waals surface area (Å²) in [4.78, 5) is 15.4. The fourth-order valence-corrected chi connectivity index (χ4v) is 1.98. The molecule has 1 atom stereocenters. The number of aliphatic carboxylic acids is 1. The summed E-state index contributed by atoms with van der Waals surface area (Å²) >= 11 is 0. The van der Waals surface area contributed by atoms with Crippen LogP contribution < -0.4 is 0 Å². The Kier molecular flexibility index (Phi) is 2.84. The predicted molar refractivity (Wildman–Crippen MR) is 67.3 cm³/mol. The van der Waals surface area contributed by atoms with E-state index in [2.05, 4.69) is 11.1 Å². The smallest absolute Gasteiger partial charge is 0.312 e. The first-order valence-corrected chi connectivity index (χ1v) is 5.60. The Balaban J connectivity index is 2.61. The predicted octanol–water partition coefficient (Wildman–Crippen LogP) is 3.04. The van der Waals surface area contributed by atoms with Crippen LogP contribution in [0.15, 0.2) is 24.3 Å². The maximum absolute atomic E-state index is 10.9. The van der Waals surface area contributed by atoms with E-state index in [1.165, 1.54) is 5.56 Å². The van der Waals surface area contributed by atoms with E-state index in [4.69, 9.17) is 5.11 Å². The largest absolute Gasteiger partial charge is 0.481 e. The monoisotopic (exact) mass is 229 g/mol. The highest BCUT2D eigenvalue weighted by molar-refractivity contribution is 5.84. The van der Waals surface area contributed by atoms with Crippen molar-refractivity contribution in [3.63, 3.8) is 0 Å².